The fourth-order valence-electron chi connectivity index (χ4n) is 2.78. The third kappa shape index (κ3) is 2.72. The van der Waals surface area contributed by atoms with Crippen molar-refractivity contribution in [3.63, 3.8) is 0 Å². The van der Waals surface area contributed by atoms with Crippen molar-refractivity contribution in [1.29, 1.82) is 0 Å². The van der Waals surface area contributed by atoms with Gasteiger partial charge in [0, 0.05) is 19.3 Å². The van der Waals surface area contributed by atoms with Crippen molar-refractivity contribution in [2.75, 3.05) is 11.9 Å². The number of nitrogens with zero attached hydrogens (tertiary/aromatic N) is 3. The van der Waals surface area contributed by atoms with Crippen molar-refractivity contribution in [2.24, 2.45) is 7.05 Å². The zero-order valence-electron chi connectivity index (χ0n) is 12.5. The average molecular weight is 304 g/mol. The fourth-order valence-corrected chi connectivity index (χ4v) is 3.56. The number of aryl methyl sites for hydroxylation is 1. The molecule has 0 saturated heterocycles. The highest BCUT2D eigenvalue weighted by atomic mass is 32.1. The van der Waals surface area contributed by atoms with Gasteiger partial charge in [-0.05, 0) is 43.7 Å². The third-order valence-corrected chi connectivity index (χ3v) is 4.83. The van der Waals surface area contributed by atoms with Gasteiger partial charge in [0.2, 0.25) is 5.13 Å². The molecular formula is C15H20N4OS. The number of pyridine rings is 1. The van der Waals surface area contributed by atoms with E-state index in [9.17, 15) is 4.79 Å². The molecule has 0 radical (unpaired) electrons. The molecule has 3 rings (SSSR count). The van der Waals surface area contributed by atoms with Crippen molar-refractivity contribution < 1.29 is 0 Å². The van der Waals surface area contributed by atoms with E-state index in [1.165, 1.54) is 35.4 Å². The maximum absolute atomic E-state index is 12.5. The Morgan fingerprint density at radius 3 is 2.95 bits per heavy atom. The predicted octanol–water partition coefficient (Wildman–Crippen LogP) is 2.60. The number of fused-ring (bicyclic) bond motifs is 1. The van der Waals surface area contributed by atoms with Crippen LogP contribution in [0.5, 0.6) is 0 Å². The van der Waals surface area contributed by atoms with Crippen LogP contribution in [0.15, 0.2) is 10.9 Å². The van der Waals surface area contributed by atoms with E-state index in [2.05, 4.69) is 22.4 Å². The van der Waals surface area contributed by atoms with Crippen LogP contribution in [0.2, 0.25) is 0 Å². The monoisotopic (exact) mass is 304 g/mol. The van der Waals surface area contributed by atoms with Gasteiger partial charge >= 0.3 is 0 Å². The van der Waals surface area contributed by atoms with Crippen LogP contribution in [0.3, 0.4) is 0 Å². The Morgan fingerprint density at radius 1 is 1.33 bits per heavy atom. The van der Waals surface area contributed by atoms with Gasteiger partial charge in [0.15, 0.2) is 5.01 Å². The summed E-state index contributed by atoms with van der Waals surface area (Å²) in [7, 11) is 1.87. The number of rotatable bonds is 4. The Balaban J connectivity index is 2.00. The lowest BCUT2D eigenvalue weighted by molar-refractivity contribution is 0.624. The quantitative estimate of drug-likeness (QED) is 0.943. The highest BCUT2D eigenvalue weighted by molar-refractivity contribution is 7.18. The van der Waals surface area contributed by atoms with E-state index in [0.29, 0.717) is 10.6 Å². The zero-order valence-corrected chi connectivity index (χ0v) is 13.3. The molecule has 6 heteroatoms. The molecule has 0 aromatic carbocycles. The third-order valence-electron chi connectivity index (χ3n) is 3.92. The van der Waals surface area contributed by atoms with E-state index >= 15 is 0 Å². The summed E-state index contributed by atoms with van der Waals surface area (Å²) in [5.41, 5.74) is 3.19. The minimum Gasteiger partial charge on any atom is -0.360 e. The molecule has 0 amide bonds. The molecule has 0 unspecified atom stereocenters. The van der Waals surface area contributed by atoms with E-state index in [1.807, 2.05) is 13.1 Å². The topological polar surface area (TPSA) is 59.8 Å². The lowest BCUT2D eigenvalue weighted by Crippen LogP contribution is -2.25. The van der Waals surface area contributed by atoms with Gasteiger partial charge in [0.25, 0.3) is 5.56 Å². The van der Waals surface area contributed by atoms with Crippen LogP contribution >= 0.6 is 11.3 Å². The summed E-state index contributed by atoms with van der Waals surface area (Å²) in [6.45, 7) is 2.98. The Labute approximate surface area is 128 Å². The van der Waals surface area contributed by atoms with Gasteiger partial charge in [-0.2, -0.15) is 0 Å². The van der Waals surface area contributed by atoms with Crippen molar-refractivity contribution in [1.82, 2.24) is 14.8 Å². The van der Waals surface area contributed by atoms with Crippen molar-refractivity contribution in [3.05, 3.63) is 27.7 Å². The highest BCUT2D eigenvalue weighted by Gasteiger charge is 2.18. The molecule has 2 heterocycles. The molecule has 2 aromatic heterocycles. The van der Waals surface area contributed by atoms with Gasteiger partial charge in [0.05, 0.1) is 5.56 Å². The minimum atomic E-state index is 0.0360. The number of nitrogens with one attached hydrogen (secondary N) is 1. The molecule has 0 aliphatic heterocycles. The summed E-state index contributed by atoms with van der Waals surface area (Å²) < 4.78 is 1.80. The van der Waals surface area contributed by atoms with Crippen LogP contribution in [0, 0.1) is 0 Å². The van der Waals surface area contributed by atoms with Crippen molar-refractivity contribution >= 4 is 16.5 Å². The standard InChI is InChI=1S/C15H20N4OS/c1-3-8-16-15-18-17-13(21-15)11-9-10-6-4-5-7-12(10)19(2)14(11)20/h9H,3-8H2,1-2H3,(H,16,18). The molecule has 5 nitrogen and oxygen atoms in total. The smallest absolute Gasteiger partial charge is 0.260 e. The van der Waals surface area contributed by atoms with Gasteiger partial charge in [-0.1, -0.05) is 18.3 Å². The Kier molecular flexibility index (Phi) is 4.05. The summed E-state index contributed by atoms with van der Waals surface area (Å²) >= 11 is 1.45. The molecule has 0 saturated carbocycles. The molecule has 1 aliphatic carbocycles. The van der Waals surface area contributed by atoms with Crippen LogP contribution in [-0.2, 0) is 19.9 Å². The fraction of sp³-hybridized carbons (Fsp3) is 0.533. The first kappa shape index (κ1) is 14.3. The average Bonchev–Trinajstić information content (AvgIpc) is 2.97. The van der Waals surface area contributed by atoms with Gasteiger partial charge in [-0.25, -0.2) is 0 Å². The van der Waals surface area contributed by atoms with Crippen LogP contribution in [0.1, 0.15) is 37.4 Å². The van der Waals surface area contributed by atoms with Crippen molar-refractivity contribution in [3.8, 4) is 10.6 Å². The molecule has 21 heavy (non-hydrogen) atoms. The van der Waals surface area contributed by atoms with E-state index in [0.717, 1.165) is 30.9 Å². The normalized spacial score (nSPS) is 14.0. The number of hydrogen-bond acceptors (Lipinski definition) is 5. The van der Waals surface area contributed by atoms with E-state index in [-0.39, 0.29) is 5.56 Å². The van der Waals surface area contributed by atoms with Gasteiger partial charge in [0.1, 0.15) is 0 Å². The number of anilines is 1. The second kappa shape index (κ2) is 5.97. The molecule has 0 atom stereocenters. The molecule has 1 aliphatic rings. The molecule has 0 spiro atoms. The first-order valence-electron chi connectivity index (χ1n) is 7.50. The van der Waals surface area contributed by atoms with Gasteiger partial charge in [-0.15, -0.1) is 10.2 Å². The Bertz CT molecular complexity index is 704. The molecule has 112 valence electrons. The lowest BCUT2D eigenvalue weighted by atomic mass is 9.94. The first-order chi connectivity index (χ1) is 10.2. The number of aromatic nitrogens is 3. The summed E-state index contributed by atoms with van der Waals surface area (Å²) in [6, 6.07) is 2.03. The SMILES string of the molecule is CCCNc1nnc(-c2cc3c(n(C)c2=O)CCCC3)s1. The molecular weight excluding hydrogens is 284 g/mol. The number of hydrogen-bond donors (Lipinski definition) is 1. The van der Waals surface area contributed by atoms with E-state index < -0.39 is 0 Å². The lowest BCUT2D eigenvalue weighted by Gasteiger charge is -2.19. The summed E-state index contributed by atoms with van der Waals surface area (Å²) in [5.74, 6) is 0. The van der Waals surface area contributed by atoms with Crippen molar-refractivity contribution in [2.45, 2.75) is 39.0 Å². The molecule has 0 bridgehead atoms. The molecule has 2 aromatic rings. The Morgan fingerprint density at radius 2 is 2.14 bits per heavy atom. The van der Waals surface area contributed by atoms with Crippen LogP contribution in [0.4, 0.5) is 5.13 Å². The van der Waals surface area contributed by atoms with Gasteiger partial charge < -0.3 is 9.88 Å². The minimum absolute atomic E-state index is 0.0360. The van der Waals surface area contributed by atoms with Crippen LogP contribution < -0.4 is 10.9 Å². The maximum atomic E-state index is 12.5. The first-order valence-corrected chi connectivity index (χ1v) is 8.32. The highest BCUT2D eigenvalue weighted by Crippen LogP contribution is 2.27. The van der Waals surface area contributed by atoms with Crippen LogP contribution in [0.25, 0.3) is 10.6 Å². The van der Waals surface area contributed by atoms with E-state index in [4.69, 9.17) is 0 Å². The molecule has 1 N–H and O–H groups in total. The zero-order chi connectivity index (χ0) is 14.8. The summed E-state index contributed by atoms with van der Waals surface area (Å²) in [6.07, 6.45) is 5.46. The van der Waals surface area contributed by atoms with E-state index in [1.54, 1.807) is 4.57 Å². The predicted molar refractivity (Wildman–Crippen MR) is 86.0 cm³/mol. The second-order valence-corrected chi connectivity index (χ2v) is 6.42. The second-order valence-electron chi connectivity index (χ2n) is 5.44. The van der Waals surface area contributed by atoms with Crippen LogP contribution in [-0.4, -0.2) is 21.3 Å². The molecule has 0 fully saturated rings. The Hall–Kier alpha value is -1.69. The largest absolute Gasteiger partial charge is 0.360 e. The summed E-state index contributed by atoms with van der Waals surface area (Å²) in [5, 5.41) is 13.0. The van der Waals surface area contributed by atoms with Gasteiger partial charge in [-0.3, -0.25) is 4.79 Å². The maximum Gasteiger partial charge on any atom is 0.260 e. The summed E-state index contributed by atoms with van der Waals surface area (Å²) in [4.78, 5) is 12.5.